The van der Waals surface area contributed by atoms with Crippen molar-refractivity contribution in [1.82, 2.24) is 29.8 Å². The van der Waals surface area contributed by atoms with Gasteiger partial charge in [-0.3, -0.25) is 4.79 Å². The number of likely N-dealkylation sites (tertiary alicyclic amines) is 1. The molecule has 0 aliphatic carbocycles. The molecule has 4 heterocycles. The number of anilines is 1. The highest BCUT2D eigenvalue weighted by Crippen LogP contribution is 2.36. The standard InChI is InChI=1S/C27H25N7O2S/c1-16(23-30-19-8-3-4-9-20(19)31-23)29-26-28-12-10-21(33-26)22-15-37-24(32-22)17-6-5-7-18(14-17)27(36)11-13-34(2)25(27)35/h3-10,12,14-16,36H,11,13H2,1-2H3,(H,30,31)(H,28,29,33)/t16?,27-/m1/s1. The van der Waals surface area contributed by atoms with Gasteiger partial charge >= 0.3 is 0 Å². The number of nitrogens with one attached hydrogen (secondary N) is 2. The number of hydrogen-bond donors (Lipinski definition) is 3. The molecule has 1 aliphatic heterocycles. The van der Waals surface area contributed by atoms with Crippen LogP contribution < -0.4 is 5.32 Å². The van der Waals surface area contributed by atoms with Crippen molar-refractivity contribution in [2.24, 2.45) is 0 Å². The van der Waals surface area contributed by atoms with E-state index in [1.165, 1.54) is 11.3 Å². The second kappa shape index (κ2) is 9.06. The van der Waals surface area contributed by atoms with Crippen molar-refractivity contribution in [3.05, 3.63) is 77.6 Å². The first-order chi connectivity index (χ1) is 17.9. The van der Waals surface area contributed by atoms with E-state index in [4.69, 9.17) is 4.98 Å². The third-order valence-electron chi connectivity index (χ3n) is 6.68. The summed E-state index contributed by atoms with van der Waals surface area (Å²) < 4.78 is 0. The lowest BCUT2D eigenvalue weighted by Crippen LogP contribution is -2.36. The number of nitrogens with zero attached hydrogens (tertiary/aromatic N) is 5. The Labute approximate surface area is 217 Å². The van der Waals surface area contributed by atoms with Gasteiger partial charge in [0.05, 0.1) is 22.8 Å². The van der Waals surface area contributed by atoms with Crippen LogP contribution in [0.4, 0.5) is 5.95 Å². The van der Waals surface area contributed by atoms with Gasteiger partial charge in [0.15, 0.2) is 5.60 Å². The maximum atomic E-state index is 12.5. The summed E-state index contributed by atoms with van der Waals surface area (Å²) in [5.74, 6) is 1.01. The monoisotopic (exact) mass is 511 g/mol. The maximum absolute atomic E-state index is 12.5. The second-order valence-electron chi connectivity index (χ2n) is 9.23. The van der Waals surface area contributed by atoms with Crippen LogP contribution in [0.5, 0.6) is 0 Å². The molecule has 3 aromatic heterocycles. The zero-order valence-electron chi connectivity index (χ0n) is 20.3. The molecule has 6 rings (SSSR count). The highest BCUT2D eigenvalue weighted by molar-refractivity contribution is 7.13. The highest BCUT2D eigenvalue weighted by Gasteiger charge is 2.45. The van der Waals surface area contributed by atoms with Crippen LogP contribution in [-0.2, 0) is 10.4 Å². The molecular formula is C27H25N7O2S. The largest absolute Gasteiger partial charge is 0.375 e. The Bertz CT molecular complexity index is 1580. The Kier molecular flexibility index (Phi) is 5.69. The van der Waals surface area contributed by atoms with E-state index in [0.29, 0.717) is 30.2 Å². The molecule has 186 valence electrons. The van der Waals surface area contributed by atoms with Crippen molar-refractivity contribution in [2.75, 3.05) is 18.9 Å². The Morgan fingerprint density at radius 1 is 1.11 bits per heavy atom. The average molecular weight is 512 g/mol. The van der Waals surface area contributed by atoms with Crippen LogP contribution in [0.2, 0.25) is 0 Å². The van der Waals surface area contributed by atoms with E-state index < -0.39 is 5.60 Å². The topological polar surface area (TPSA) is 120 Å². The number of fused-ring (bicyclic) bond motifs is 1. The molecule has 5 aromatic rings. The molecule has 9 nitrogen and oxygen atoms in total. The van der Waals surface area contributed by atoms with Crippen molar-refractivity contribution >= 4 is 34.2 Å². The van der Waals surface area contributed by atoms with Gasteiger partial charge in [-0.15, -0.1) is 11.3 Å². The maximum Gasteiger partial charge on any atom is 0.258 e. The molecular weight excluding hydrogens is 486 g/mol. The van der Waals surface area contributed by atoms with Crippen LogP contribution in [0.3, 0.4) is 0 Å². The minimum atomic E-state index is -1.49. The number of amides is 1. The van der Waals surface area contributed by atoms with E-state index in [2.05, 4.69) is 25.3 Å². The van der Waals surface area contributed by atoms with Crippen molar-refractivity contribution in [2.45, 2.75) is 25.0 Å². The van der Waals surface area contributed by atoms with Gasteiger partial charge in [0.25, 0.3) is 5.91 Å². The number of H-pyrrole nitrogens is 1. The number of aromatic amines is 1. The Hall–Kier alpha value is -4.15. The number of benzene rings is 2. The van der Waals surface area contributed by atoms with E-state index in [-0.39, 0.29) is 11.9 Å². The van der Waals surface area contributed by atoms with Crippen LogP contribution in [0, 0.1) is 0 Å². The number of thiazole rings is 1. The van der Waals surface area contributed by atoms with Crippen molar-refractivity contribution in [3.63, 3.8) is 0 Å². The molecule has 0 bridgehead atoms. The van der Waals surface area contributed by atoms with Crippen LogP contribution in [0.1, 0.15) is 30.8 Å². The predicted octanol–water partition coefficient (Wildman–Crippen LogP) is 4.37. The Balaban J connectivity index is 1.23. The van der Waals surface area contributed by atoms with Gasteiger partial charge < -0.3 is 20.3 Å². The Morgan fingerprint density at radius 3 is 2.78 bits per heavy atom. The van der Waals surface area contributed by atoms with Gasteiger partial charge in [-0.1, -0.05) is 30.3 Å². The fraction of sp³-hybridized carbons (Fsp3) is 0.222. The number of aromatic nitrogens is 5. The third-order valence-corrected chi connectivity index (χ3v) is 7.57. The average Bonchev–Trinajstić information content (AvgIpc) is 3.65. The molecule has 0 radical (unpaired) electrons. The first-order valence-electron chi connectivity index (χ1n) is 12.0. The highest BCUT2D eigenvalue weighted by atomic mass is 32.1. The number of likely N-dealkylation sites (N-methyl/N-ethyl adjacent to an activating group) is 1. The quantitative estimate of drug-likeness (QED) is 0.310. The number of carbonyl (C=O) groups is 1. The molecule has 0 spiro atoms. The van der Waals surface area contributed by atoms with Gasteiger partial charge in [0.2, 0.25) is 5.95 Å². The normalized spacial score (nSPS) is 18.5. The van der Waals surface area contributed by atoms with Crippen LogP contribution in [0.25, 0.3) is 33.0 Å². The van der Waals surface area contributed by atoms with Gasteiger partial charge in [-0.25, -0.2) is 19.9 Å². The number of aliphatic hydroxyl groups is 1. The molecule has 1 amide bonds. The summed E-state index contributed by atoms with van der Waals surface area (Å²) in [5.41, 5.74) is 3.25. The molecule has 1 fully saturated rings. The summed E-state index contributed by atoms with van der Waals surface area (Å²) in [6, 6.07) is 17.0. The SMILES string of the molecule is CC(Nc1nccc(-c2csc(-c3cccc([C@]4(O)CCN(C)C4=O)c3)n2)n1)c1nc2ccccc2[nH]1. The lowest BCUT2D eigenvalue weighted by Gasteiger charge is -2.21. The molecule has 10 heteroatoms. The fourth-order valence-electron chi connectivity index (χ4n) is 4.57. The number of imidazole rings is 1. The van der Waals surface area contributed by atoms with Gasteiger partial charge in [-0.05, 0) is 36.8 Å². The summed E-state index contributed by atoms with van der Waals surface area (Å²) >= 11 is 1.48. The van der Waals surface area contributed by atoms with E-state index in [1.807, 2.05) is 60.8 Å². The summed E-state index contributed by atoms with van der Waals surface area (Å²) in [5, 5.41) is 17.1. The fourth-order valence-corrected chi connectivity index (χ4v) is 5.38. The number of para-hydroxylation sites is 2. The first kappa shape index (κ1) is 23.3. The molecule has 3 N–H and O–H groups in total. The van der Waals surface area contributed by atoms with E-state index >= 15 is 0 Å². The molecule has 1 aliphatic rings. The molecule has 37 heavy (non-hydrogen) atoms. The number of hydrogen-bond acceptors (Lipinski definition) is 8. The lowest BCUT2D eigenvalue weighted by atomic mass is 9.91. The molecule has 2 aromatic carbocycles. The molecule has 2 atom stereocenters. The molecule has 0 saturated carbocycles. The van der Waals surface area contributed by atoms with Crippen LogP contribution >= 0.6 is 11.3 Å². The van der Waals surface area contributed by atoms with Crippen molar-refractivity contribution < 1.29 is 9.90 Å². The second-order valence-corrected chi connectivity index (χ2v) is 10.1. The zero-order valence-corrected chi connectivity index (χ0v) is 21.2. The summed E-state index contributed by atoms with van der Waals surface area (Å²) in [6.45, 7) is 2.53. The van der Waals surface area contributed by atoms with Gasteiger partial charge in [0, 0.05) is 37.2 Å². The number of rotatable bonds is 6. The van der Waals surface area contributed by atoms with Crippen molar-refractivity contribution in [3.8, 4) is 22.0 Å². The third kappa shape index (κ3) is 4.24. The van der Waals surface area contributed by atoms with Gasteiger partial charge in [-0.2, -0.15) is 0 Å². The Morgan fingerprint density at radius 2 is 1.97 bits per heavy atom. The smallest absolute Gasteiger partial charge is 0.258 e. The summed E-state index contributed by atoms with van der Waals surface area (Å²) in [4.78, 5) is 35.9. The summed E-state index contributed by atoms with van der Waals surface area (Å²) in [7, 11) is 1.71. The minimum Gasteiger partial charge on any atom is -0.375 e. The molecule has 1 unspecified atom stereocenters. The lowest BCUT2D eigenvalue weighted by molar-refractivity contribution is -0.143. The van der Waals surface area contributed by atoms with Crippen molar-refractivity contribution in [1.29, 1.82) is 0 Å². The predicted molar refractivity (Wildman–Crippen MR) is 143 cm³/mol. The van der Waals surface area contributed by atoms with E-state index in [1.54, 1.807) is 24.2 Å². The summed E-state index contributed by atoms with van der Waals surface area (Å²) in [6.07, 6.45) is 2.07. The van der Waals surface area contributed by atoms with Crippen LogP contribution in [-0.4, -0.2) is 54.4 Å². The zero-order chi connectivity index (χ0) is 25.6. The van der Waals surface area contributed by atoms with E-state index in [9.17, 15) is 9.90 Å². The minimum absolute atomic E-state index is 0.125. The number of carbonyl (C=O) groups excluding carboxylic acids is 1. The molecule has 1 saturated heterocycles. The first-order valence-corrected chi connectivity index (χ1v) is 12.9. The van der Waals surface area contributed by atoms with Crippen LogP contribution in [0.15, 0.2) is 66.2 Å². The van der Waals surface area contributed by atoms with Gasteiger partial charge in [0.1, 0.15) is 16.5 Å². The van der Waals surface area contributed by atoms with E-state index in [0.717, 1.165) is 33.1 Å².